The molecule has 0 aliphatic heterocycles. The van der Waals surface area contributed by atoms with Crippen LogP contribution in [0.2, 0.25) is 0 Å². The van der Waals surface area contributed by atoms with Gasteiger partial charge in [0.05, 0.1) is 0 Å². The van der Waals surface area contributed by atoms with Crippen molar-refractivity contribution in [3.05, 3.63) is 0 Å². The number of carbonyl (C=O) groups is 5. The third kappa shape index (κ3) is 17.7. The van der Waals surface area contributed by atoms with Crippen molar-refractivity contribution in [3.63, 3.8) is 0 Å². The number of rotatable bonds is 10. The summed E-state index contributed by atoms with van der Waals surface area (Å²) < 4.78 is 15.5. The van der Waals surface area contributed by atoms with Crippen molar-refractivity contribution in [1.29, 1.82) is 0 Å². The maximum absolute atomic E-state index is 12.9. The SMILES string of the molecule is CC(C)(C)OC(=O)NCCC[C@H](NC(=O)OC(C)(C)C)C(=O)N[C@@H](CSC(=O)OC(C)(C)C)C(=O)O. The van der Waals surface area contributed by atoms with Gasteiger partial charge in [0.15, 0.2) is 0 Å². The van der Waals surface area contributed by atoms with Crippen LogP contribution in [0.4, 0.5) is 14.4 Å². The Labute approximate surface area is 216 Å². The van der Waals surface area contributed by atoms with Crippen molar-refractivity contribution in [2.24, 2.45) is 0 Å². The van der Waals surface area contributed by atoms with Crippen LogP contribution in [0.1, 0.15) is 75.2 Å². The number of ether oxygens (including phenoxy) is 3. The summed E-state index contributed by atoms with van der Waals surface area (Å²) >= 11 is 0.614. The van der Waals surface area contributed by atoms with Crippen LogP contribution in [0.5, 0.6) is 0 Å². The standard InChI is InChI=1S/C23H41N3O9S/c1-21(2,3)33-18(30)24-12-10-11-14(26-19(31)34-22(4,5)6)16(27)25-15(17(28)29)13-36-20(32)35-23(7,8)9/h14-15H,10-13H2,1-9H3,(H,24,30)(H,25,27)(H,26,31)(H,28,29)/t14-,15-/m0/s1. The molecule has 0 aromatic carbocycles. The summed E-state index contributed by atoms with van der Waals surface area (Å²) in [6.45, 7) is 15.3. The predicted molar refractivity (Wildman–Crippen MR) is 135 cm³/mol. The van der Waals surface area contributed by atoms with E-state index in [4.69, 9.17) is 14.2 Å². The Bertz CT molecular complexity index is 783. The van der Waals surface area contributed by atoms with E-state index in [9.17, 15) is 29.1 Å². The Hall–Kier alpha value is -2.70. The van der Waals surface area contributed by atoms with Crippen molar-refractivity contribution >= 4 is 41.1 Å². The number of aliphatic carboxylic acids is 1. The third-order valence-corrected chi connectivity index (χ3v) is 4.54. The van der Waals surface area contributed by atoms with E-state index in [1.807, 2.05) is 0 Å². The van der Waals surface area contributed by atoms with Gasteiger partial charge < -0.3 is 35.3 Å². The quantitative estimate of drug-likeness (QED) is 0.185. The summed E-state index contributed by atoms with van der Waals surface area (Å²) in [5.74, 6) is -2.42. The molecule has 0 radical (unpaired) electrons. The van der Waals surface area contributed by atoms with E-state index in [2.05, 4.69) is 16.0 Å². The molecule has 0 rings (SSSR count). The number of carbonyl (C=O) groups excluding carboxylic acids is 4. The fourth-order valence-electron chi connectivity index (χ4n) is 2.41. The van der Waals surface area contributed by atoms with Crippen molar-refractivity contribution in [2.75, 3.05) is 12.3 Å². The van der Waals surface area contributed by atoms with Gasteiger partial charge in [-0.1, -0.05) is 0 Å². The molecule has 0 unspecified atom stereocenters. The molecule has 0 heterocycles. The van der Waals surface area contributed by atoms with E-state index in [1.54, 1.807) is 62.3 Å². The molecule has 36 heavy (non-hydrogen) atoms. The Morgan fingerprint density at radius 1 is 0.750 bits per heavy atom. The highest BCUT2D eigenvalue weighted by Crippen LogP contribution is 2.16. The number of thioether (sulfide) groups is 1. The molecule has 0 bridgehead atoms. The zero-order valence-electron chi connectivity index (χ0n) is 22.6. The van der Waals surface area contributed by atoms with E-state index in [0.29, 0.717) is 11.8 Å². The van der Waals surface area contributed by atoms with E-state index in [1.165, 1.54) is 0 Å². The molecule has 0 aliphatic rings. The maximum atomic E-state index is 12.9. The van der Waals surface area contributed by atoms with Gasteiger partial charge in [0, 0.05) is 12.3 Å². The minimum Gasteiger partial charge on any atom is -0.480 e. The summed E-state index contributed by atoms with van der Waals surface area (Å²) in [4.78, 5) is 60.5. The van der Waals surface area contributed by atoms with Crippen LogP contribution in [0.15, 0.2) is 0 Å². The number of hydrogen-bond acceptors (Lipinski definition) is 9. The topological polar surface area (TPSA) is 169 Å². The molecular weight excluding hydrogens is 494 g/mol. The monoisotopic (exact) mass is 535 g/mol. The number of nitrogens with one attached hydrogen (secondary N) is 3. The average Bonchev–Trinajstić information content (AvgIpc) is 2.62. The molecule has 0 aromatic rings. The Morgan fingerprint density at radius 2 is 1.25 bits per heavy atom. The van der Waals surface area contributed by atoms with E-state index in [-0.39, 0.29) is 25.1 Å². The lowest BCUT2D eigenvalue weighted by molar-refractivity contribution is -0.141. The fourth-order valence-corrected chi connectivity index (χ4v) is 3.24. The number of alkyl carbamates (subject to hydrolysis) is 2. The van der Waals surface area contributed by atoms with Crippen molar-refractivity contribution in [2.45, 2.75) is 104 Å². The Kier molecular flexibility index (Phi) is 13.1. The van der Waals surface area contributed by atoms with Gasteiger partial charge in [-0.2, -0.15) is 0 Å². The zero-order valence-corrected chi connectivity index (χ0v) is 23.4. The zero-order chi connectivity index (χ0) is 28.3. The van der Waals surface area contributed by atoms with Gasteiger partial charge in [0.25, 0.3) is 0 Å². The minimum absolute atomic E-state index is 0.0619. The molecule has 0 spiro atoms. The van der Waals surface area contributed by atoms with Gasteiger partial charge in [-0.15, -0.1) is 0 Å². The average molecular weight is 536 g/mol. The lowest BCUT2D eigenvalue weighted by atomic mass is 10.1. The second-order valence-corrected chi connectivity index (χ2v) is 11.9. The second-order valence-electron chi connectivity index (χ2n) is 10.9. The van der Waals surface area contributed by atoms with E-state index >= 15 is 0 Å². The highest BCUT2D eigenvalue weighted by atomic mass is 32.2. The first-order valence-corrected chi connectivity index (χ1v) is 12.5. The molecule has 2 atom stereocenters. The molecule has 12 nitrogen and oxygen atoms in total. The smallest absolute Gasteiger partial charge is 0.408 e. The highest BCUT2D eigenvalue weighted by Gasteiger charge is 2.29. The Balaban J connectivity index is 5.18. The van der Waals surface area contributed by atoms with Crippen molar-refractivity contribution < 1.29 is 43.3 Å². The lowest BCUT2D eigenvalue weighted by Crippen LogP contribution is -2.53. The number of carboxylic acid groups (broad SMARTS) is 1. The van der Waals surface area contributed by atoms with Crippen molar-refractivity contribution in [3.8, 4) is 0 Å². The molecule has 13 heteroatoms. The first kappa shape index (κ1) is 33.3. The minimum atomic E-state index is -1.42. The van der Waals surface area contributed by atoms with Gasteiger partial charge in [-0.05, 0) is 86.9 Å². The molecule has 0 saturated heterocycles. The van der Waals surface area contributed by atoms with Crippen LogP contribution in [0, 0.1) is 0 Å². The summed E-state index contributed by atoms with van der Waals surface area (Å²) in [7, 11) is 0. The maximum Gasteiger partial charge on any atom is 0.408 e. The Morgan fingerprint density at radius 3 is 1.72 bits per heavy atom. The van der Waals surface area contributed by atoms with Gasteiger partial charge in [0.1, 0.15) is 28.9 Å². The molecule has 3 amide bonds. The molecule has 0 aromatic heterocycles. The first-order chi connectivity index (χ1) is 16.2. The van der Waals surface area contributed by atoms with E-state index < -0.39 is 58.3 Å². The van der Waals surface area contributed by atoms with Gasteiger partial charge >= 0.3 is 23.5 Å². The number of carboxylic acids is 1. The van der Waals surface area contributed by atoms with Gasteiger partial charge in [0.2, 0.25) is 5.91 Å². The van der Waals surface area contributed by atoms with Crippen LogP contribution < -0.4 is 16.0 Å². The number of amides is 3. The van der Waals surface area contributed by atoms with Gasteiger partial charge in [-0.25, -0.2) is 19.2 Å². The molecule has 208 valence electrons. The summed E-state index contributed by atoms with van der Waals surface area (Å²) in [5.41, 5.74) is -2.24. The van der Waals surface area contributed by atoms with Gasteiger partial charge in [-0.3, -0.25) is 4.79 Å². The predicted octanol–water partition coefficient (Wildman–Crippen LogP) is 3.42. The normalized spacial score (nSPS) is 13.6. The fraction of sp³-hybridized carbons (Fsp3) is 0.783. The summed E-state index contributed by atoms with van der Waals surface area (Å²) in [5, 5.41) is 16.1. The van der Waals surface area contributed by atoms with Crippen LogP contribution in [-0.2, 0) is 23.8 Å². The van der Waals surface area contributed by atoms with Crippen LogP contribution in [-0.4, -0.2) is 75.7 Å². The largest absolute Gasteiger partial charge is 0.480 e. The molecule has 0 aliphatic carbocycles. The summed E-state index contributed by atoms with van der Waals surface area (Å²) in [6, 6.07) is -2.58. The first-order valence-electron chi connectivity index (χ1n) is 11.5. The molecule has 4 N–H and O–H groups in total. The molecule has 0 fully saturated rings. The lowest BCUT2D eigenvalue weighted by Gasteiger charge is -2.25. The summed E-state index contributed by atoms with van der Waals surface area (Å²) in [6.07, 6.45) is -1.17. The van der Waals surface area contributed by atoms with Crippen molar-refractivity contribution in [1.82, 2.24) is 16.0 Å². The van der Waals surface area contributed by atoms with Crippen LogP contribution >= 0.6 is 11.8 Å². The highest BCUT2D eigenvalue weighted by molar-refractivity contribution is 8.13. The van der Waals surface area contributed by atoms with Crippen LogP contribution in [0.3, 0.4) is 0 Å². The molecular formula is C23H41N3O9S. The third-order valence-electron chi connectivity index (χ3n) is 3.72. The second kappa shape index (κ2) is 14.1. The molecule has 0 saturated carbocycles. The van der Waals surface area contributed by atoms with E-state index in [0.717, 1.165) is 0 Å². The number of hydrogen-bond donors (Lipinski definition) is 4. The van der Waals surface area contributed by atoms with Crippen LogP contribution in [0.25, 0.3) is 0 Å².